The molecule has 1 aliphatic rings. The van der Waals surface area contributed by atoms with Crippen molar-refractivity contribution in [3.8, 4) is 0 Å². The second-order valence-corrected chi connectivity index (χ2v) is 8.47. The van der Waals surface area contributed by atoms with Gasteiger partial charge >= 0.3 is 22.4 Å². The van der Waals surface area contributed by atoms with Crippen molar-refractivity contribution in [1.29, 1.82) is 0 Å². The summed E-state index contributed by atoms with van der Waals surface area (Å²) in [5.41, 5.74) is -0.444. The molecule has 2 rings (SSSR count). The third kappa shape index (κ3) is 7.14. The minimum Gasteiger partial charge on any atom is -0.441 e. The maximum Gasteiger partial charge on any atom is 0.474 e. The van der Waals surface area contributed by atoms with Crippen molar-refractivity contribution < 1.29 is 41.1 Å². The van der Waals surface area contributed by atoms with Crippen molar-refractivity contribution in [2.45, 2.75) is 26.7 Å². The second kappa shape index (κ2) is 12.8. The highest BCUT2D eigenvalue weighted by molar-refractivity contribution is 7.80. The van der Waals surface area contributed by atoms with E-state index in [1.54, 1.807) is 11.8 Å². The van der Waals surface area contributed by atoms with Gasteiger partial charge in [-0.1, -0.05) is 17.1 Å². The average Bonchev–Trinajstić information content (AvgIpc) is 3.33. The molecule has 0 bridgehead atoms. The zero-order valence-electron chi connectivity index (χ0n) is 20.2. The number of ketones is 1. The number of Topliss-reactive ketones (excluding diaryl/α,β-unsaturated/α-hetero) is 1. The highest BCUT2D eigenvalue weighted by Crippen LogP contribution is 2.30. The first-order valence-corrected chi connectivity index (χ1v) is 12.6. The van der Waals surface area contributed by atoms with Crippen LogP contribution in [0.1, 0.15) is 37.0 Å². The Morgan fingerprint density at radius 2 is 1.81 bits per heavy atom. The predicted molar refractivity (Wildman–Crippen MR) is 130 cm³/mol. The summed E-state index contributed by atoms with van der Waals surface area (Å²) in [6.07, 6.45) is 3.45. The summed E-state index contributed by atoms with van der Waals surface area (Å²) in [4.78, 5) is 46.0. The van der Waals surface area contributed by atoms with Gasteiger partial charge in [0.1, 0.15) is 0 Å². The number of ether oxygens (including phenoxy) is 1. The van der Waals surface area contributed by atoms with Gasteiger partial charge < -0.3 is 15.0 Å². The molecule has 0 aromatic carbocycles. The number of aromatic nitrogens is 2. The van der Waals surface area contributed by atoms with Crippen molar-refractivity contribution in [3.63, 3.8) is 0 Å². The van der Waals surface area contributed by atoms with E-state index in [2.05, 4.69) is 28.8 Å². The van der Waals surface area contributed by atoms with Crippen LogP contribution < -0.4 is 29.4 Å². The Labute approximate surface area is 209 Å². The summed E-state index contributed by atoms with van der Waals surface area (Å²) >= 11 is 0. The monoisotopic (exact) mass is 527 g/mol. The van der Waals surface area contributed by atoms with E-state index in [-0.39, 0.29) is 38.0 Å². The van der Waals surface area contributed by atoms with Crippen LogP contribution in [0.3, 0.4) is 0 Å². The molecule has 0 saturated carbocycles. The summed E-state index contributed by atoms with van der Waals surface area (Å²) < 4.78 is 43.3. The van der Waals surface area contributed by atoms with Crippen molar-refractivity contribution in [2.24, 2.45) is 0 Å². The molecule has 1 aromatic heterocycles. The maximum atomic E-state index is 13.3. The van der Waals surface area contributed by atoms with Gasteiger partial charge in [-0.2, -0.15) is 8.42 Å². The molecule has 36 heavy (non-hydrogen) atoms. The number of amides is 2. The van der Waals surface area contributed by atoms with Crippen molar-refractivity contribution >= 4 is 45.8 Å². The smallest absolute Gasteiger partial charge is 0.441 e. The normalized spacial score (nSPS) is 13.0. The Bertz CT molecular complexity index is 1110. The van der Waals surface area contributed by atoms with Crippen LogP contribution in [0, 0.1) is 0 Å². The standard InChI is InChI=1S/C21H30N6O8S/c1-5-11-26(12-6-2)20-23-17(25-13-9-10-14-25)15(16(28)19(29)22-7-3)18(24-21(30)34-8-4)27(20)35-36(31,32)33/h5-6H,1-2,7-14H2,3-4H3,(H2,22,29,31,32,33)/p+1. The summed E-state index contributed by atoms with van der Waals surface area (Å²) in [5, 5.41) is 4.66. The van der Waals surface area contributed by atoms with E-state index in [1.807, 2.05) is 0 Å². The van der Waals surface area contributed by atoms with Gasteiger partial charge in [-0.25, -0.2) is 14.4 Å². The molecule has 1 aromatic rings. The summed E-state index contributed by atoms with van der Waals surface area (Å²) in [5.74, 6) is -2.93. The molecule has 0 aliphatic carbocycles. The number of carbonyl (C=O) groups excluding carboxylic acids is 3. The summed E-state index contributed by atoms with van der Waals surface area (Å²) in [6, 6.07) is 0. The van der Waals surface area contributed by atoms with Crippen molar-refractivity contribution in [3.05, 3.63) is 30.9 Å². The van der Waals surface area contributed by atoms with Crippen LogP contribution >= 0.6 is 0 Å². The van der Waals surface area contributed by atoms with E-state index in [1.165, 1.54) is 24.0 Å². The summed E-state index contributed by atoms with van der Waals surface area (Å²) in [7, 11) is -5.21. The molecule has 0 spiro atoms. The lowest BCUT2D eigenvalue weighted by atomic mass is 10.1. The molecule has 1 aliphatic heterocycles. The molecule has 2 amide bonds. The quantitative estimate of drug-likeness (QED) is 0.106. The minimum atomic E-state index is -5.21. The van der Waals surface area contributed by atoms with Gasteiger partial charge in [-0.05, 0) is 31.4 Å². The number of hydrogen-bond acceptors (Lipinski definition) is 10. The molecule has 14 nitrogen and oxygen atoms in total. The second-order valence-electron chi connectivity index (χ2n) is 7.47. The molecule has 0 radical (unpaired) electrons. The van der Waals surface area contributed by atoms with Crippen LogP contribution in [0.25, 0.3) is 0 Å². The number of nitrogens with one attached hydrogen (secondary N) is 2. The fraction of sp³-hybridized carbons (Fsp3) is 0.476. The highest BCUT2D eigenvalue weighted by atomic mass is 32.3. The zero-order chi connectivity index (χ0) is 26.9. The van der Waals surface area contributed by atoms with Crippen LogP contribution in [-0.4, -0.2) is 75.1 Å². The fourth-order valence-corrected chi connectivity index (χ4v) is 3.84. The van der Waals surface area contributed by atoms with E-state index in [4.69, 9.17) is 9.02 Å². The topological polar surface area (TPSA) is 171 Å². The lowest BCUT2D eigenvalue weighted by Gasteiger charge is -2.24. The lowest BCUT2D eigenvalue weighted by molar-refractivity contribution is -0.836. The Balaban J connectivity index is 3.00. The van der Waals surface area contributed by atoms with E-state index in [0.29, 0.717) is 17.8 Å². The molecule has 3 N–H and O–H groups in total. The number of nitrogens with zero attached hydrogens (tertiary/aromatic N) is 4. The number of hydrogen-bond donors (Lipinski definition) is 3. The van der Waals surface area contributed by atoms with Crippen LogP contribution in [0.5, 0.6) is 0 Å². The van der Waals surface area contributed by atoms with Gasteiger partial charge in [0.15, 0.2) is 5.56 Å². The molecule has 0 atom stereocenters. The number of rotatable bonds is 13. The first-order chi connectivity index (χ1) is 17.1. The summed E-state index contributed by atoms with van der Waals surface area (Å²) in [6.45, 7) is 11.7. The van der Waals surface area contributed by atoms with Gasteiger partial charge in [0.25, 0.3) is 17.5 Å². The number of likely N-dealkylation sites (N-methyl/N-ethyl adjacent to an activating group) is 1. The van der Waals surface area contributed by atoms with Crippen LogP contribution in [-0.2, 0) is 19.9 Å². The van der Waals surface area contributed by atoms with Crippen LogP contribution in [0.15, 0.2) is 25.3 Å². The van der Waals surface area contributed by atoms with E-state index in [0.717, 1.165) is 12.8 Å². The van der Waals surface area contributed by atoms with E-state index >= 15 is 0 Å². The van der Waals surface area contributed by atoms with E-state index < -0.39 is 39.6 Å². The maximum absolute atomic E-state index is 13.3. The first kappa shape index (κ1) is 28.5. The molecule has 2 heterocycles. The van der Waals surface area contributed by atoms with Gasteiger partial charge in [-0.15, -0.1) is 13.2 Å². The lowest BCUT2D eigenvalue weighted by Crippen LogP contribution is -2.55. The Morgan fingerprint density at radius 3 is 2.31 bits per heavy atom. The molecule has 198 valence electrons. The van der Waals surface area contributed by atoms with Crippen molar-refractivity contribution in [1.82, 2.24) is 10.3 Å². The number of carbonyl (C=O) groups is 3. The Kier molecular flexibility index (Phi) is 10.2. The van der Waals surface area contributed by atoms with E-state index in [9.17, 15) is 27.4 Å². The Morgan fingerprint density at radius 1 is 1.19 bits per heavy atom. The predicted octanol–water partition coefficient (Wildman–Crippen LogP) is 0.266. The van der Waals surface area contributed by atoms with Gasteiger partial charge in [-0.3, -0.25) is 19.0 Å². The molecule has 1 saturated heterocycles. The SMILES string of the molecule is C=CCN(CC=C)c1nc(N2CCCC2)c(C(=O)C(=O)NCC)c(NC(=O)OCC)[n+]1OS(=O)(=O)O. The van der Waals surface area contributed by atoms with Crippen molar-refractivity contribution in [2.75, 3.05) is 54.4 Å². The minimum absolute atomic E-state index is 0.0128. The number of anilines is 3. The third-order valence-corrected chi connectivity index (χ3v) is 5.21. The third-order valence-electron chi connectivity index (χ3n) is 4.87. The fourth-order valence-electron chi connectivity index (χ4n) is 3.52. The van der Waals surface area contributed by atoms with Crippen LogP contribution in [0.4, 0.5) is 22.4 Å². The van der Waals surface area contributed by atoms with Gasteiger partial charge in [0.05, 0.1) is 19.7 Å². The van der Waals surface area contributed by atoms with Gasteiger partial charge in [0, 0.05) is 19.6 Å². The molecule has 0 unspecified atom stereocenters. The van der Waals surface area contributed by atoms with Crippen LogP contribution in [0.2, 0.25) is 0 Å². The average molecular weight is 528 g/mol. The highest BCUT2D eigenvalue weighted by Gasteiger charge is 2.40. The molecular formula is C21H31N6O8S+. The Hall–Kier alpha value is -3.72. The largest absolute Gasteiger partial charge is 0.474 e. The van der Waals surface area contributed by atoms with Gasteiger partial charge in [0.2, 0.25) is 5.82 Å². The molecule has 1 fully saturated rings. The zero-order valence-corrected chi connectivity index (χ0v) is 21.0. The first-order valence-electron chi connectivity index (χ1n) is 11.2. The molecular weight excluding hydrogens is 496 g/mol. The molecule has 15 heteroatoms.